The third-order valence-corrected chi connectivity index (χ3v) is 3.97. The van der Waals surface area contributed by atoms with Gasteiger partial charge >= 0.3 is 5.97 Å². The van der Waals surface area contributed by atoms with Crippen molar-refractivity contribution in [1.82, 2.24) is 0 Å². The fourth-order valence-electron chi connectivity index (χ4n) is 2.95. The molecule has 1 fully saturated rings. The van der Waals surface area contributed by atoms with Crippen molar-refractivity contribution in [3.05, 3.63) is 0 Å². The Bertz CT molecular complexity index is 218. The number of methoxy groups -OCH3 is 1. The Morgan fingerprint density at radius 1 is 1.53 bits per heavy atom. The second-order valence-electron chi connectivity index (χ2n) is 4.67. The molecule has 2 unspecified atom stereocenters. The quantitative estimate of drug-likeness (QED) is 0.727. The van der Waals surface area contributed by atoms with Crippen molar-refractivity contribution in [1.29, 1.82) is 0 Å². The van der Waals surface area contributed by atoms with Gasteiger partial charge in [0, 0.05) is 0 Å². The van der Waals surface area contributed by atoms with E-state index in [0.29, 0.717) is 18.9 Å². The molecule has 3 nitrogen and oxygen atoms in total. The van der Waals surface area contributed by atoms with Gasteiger partial charge in [0.25, 0.3) is 0 Å². The molecule has 1 aliphatic carbocycles. The maximum absolute atomic E-state index is 11.4. The van der Waals surface area contributed by atoms with Crippen molar-refractivity contribution in [2.24, 2.45) is 17.1 Å². The number of nitrogens with two attached hydrogens (primary N) is 1. The van der Waals surface area contributed by atoms with Gasteiger partial charge in [0.1, 0.15) is 0 Å². The molecular weight excluding hydrogens is 190 g/mol. The van der Waals surface area contributed by atoms with Gasteiger partial charge in [-0.05, 0) is 30.7 Å². The number of hydrogen-bond donors (Lipinski definition) is 1. The van der Waals surface area contributed by atoms with E-state index in [0.717, 1.165) is 12.8 Å². The molecule has 0 saturated heterocycles. The first kappa shape index (κ1) is 12.5. The van der Waals surface area contributed by atoms with Crippen molar-refractivity contribution in [3.8, 4) is 0 Å². The van der Waals surface area contributed by atoms with Crippen LogP contribution in [-0.4, -0.2) is 19.6 Å². The van der Waals surface area contributed by atoms with Gasteiger partial charge in [0.05, 0.1) is 13.5 Å². The monoisotopic (exact) mass is 213 g/mol. The van der Waals surface area contributed by atoms with Crippen molar-refractivity contribution < 1.29 is 9.53 Å². The van der Waals surface area contributed by atoms with Crippen LogP contribution in [0.25, 0.3) is 0 Å². The molecule has 0 aliphatic heterocycles. The number of carbonyl (C=O) groups is 1. The van der Waals surface area contributed by atoms with Crippen LogP contribution in [0.4, 0.5) is 0 Å². The molecule has 0 aromatic carbocycles. The Kier molecular flexibility index (Phi) is 4.58. The number of esters is 1. The average Bonchev–Trinajstić information content (AvgIpc) is 2.29. The zero-order chi connectivity index (χ0) is 11.3. The van der Waals surface area contributed by atoms with Crippen LogP contribution >= 0.6 is 0 Å². The minimum absolute atomic E-state index is 0.0140. The van der Waals surface area contributed by atoms with Gasteiger partial charge in [-0.15, -0.1) is 0 Å². The standard InChI is InChI=1S/C12H23NO2/c1-3-10-6-4-5-7-12(10,9-13)8-11(14)15-2/h10H,3-9,13H2,1-2H3. The third-order valence-electron chi connectivity index (χ3n) is 3.97. The Morgan fingerprint density at radius 2 is 2.27 bits per heavy atom. The fourth-order valence-corrected chi connectivity index (χ4v) is 2.95. The molecule has 0 heterocycles. The predicted molar refractivity (Wildman–Crippen MR) is 60.4 cm³/mol. The van der Waals surface area contributed by atoms with Crippen LogP contribution in [0.3, 0.4) is 0 Å². The highest BCUT2D eigenvalue weighted by Crippen LogP contribution is 2.45. The van der Waals surface area contributed by atoms with Crippen LogP contribution in [0.5, 0.6) is 0 Å². The van der Waals surface area contributed by atoms with E-state index in [2.05, 4.69) is 6.92 Å². The highest BCUT2D eigenvalue weighted by atomic mass is 16.5. The molecule has 1 aliphatic rings. The summed E-state index contributed by atoms with van der Waals surface area (Å²) >= 11 is 0. The maximum Gasteiger partial charge on any atom is 0.306 e. The lowest BCUT2D eigenvalue weighted by Gasteiger charge is -2.42. The summed E-state index contributed by atoms with van der Waals surface area (Å²) in [6.07, 6.45) is 6.39. The van der Waals surface area contributed by atoms with Gasteiger partial charge < -0.3 is 10.5 Å². The molecule has 88 valence electrons. The summed E-state index contributed by atoms with van der Waals surface area (Å²) in [5, 5.41) is 0. The Morgan fingerprint density at radius 3 is 2.80 bits per heavy atom. The van der Waals surface area contributed by atoms with Gasteiger partial charge in [0.2, 0.25) is 0 Å². The van der Waals surface area contributed by atoms with E-state index in [1.165, 1.54) is 26.4 Å². The van der Waals surface area contributed by atoms with Crippen LogP contribution in [0.1, 0.15) is 45.4 Å². The highest BCUT2D eigenvalue weighted by molar-refractivity contribution is 5.70. The van der Waals surface area contributed by atoms with Crippen LogP contribution in [0.15, 0.2) is 0 Å². The molecular formula is C12H23NO2. The third kappa shape index (κ3) is 2.71. The second kappa shape index (κ2) is 5.50. The van der Waals surface area contributed by atoms with E-state index in [9.17, 15) is 4.79 Å². The zero-order valence-electron chi connectivity index (χ0n) is 9.92. The van der Waals surface area contributed by atoms with Crippen LogP contribution in [-0.2, 0) is 9.53 Å². The largest absolute Gasteiger partial charge is 0.469 e. The second-order valence-corrected chi connectivity index (χ2v) is 4.67. The molecule has 0 amide bonds. The summed E-state index contributed by atoms with van der Waals surface area (Å²) in [5.74, 6) is 0.483. The SMILES string of the molecule is CCC1CCCCC1(CN)CC(=O)OC. The lowest BCUT2D eigenvalue weighted by atomic mass is 9.63. The van der Waals surface area contributed by atoms with Gasteiger partial charge in [-0.3, -0.25) is 4.79 Å². The summed E-state index contributed by atoms with van der Waals surface area (Å²) < 4.78 is 4.78. The first-order valence-electron chi connectivity index (χ1n) is 5.95. The molecule has 0 spiro atoms. The predicted octanol–water partition coefficient (Wildman–Crippen LogP) is 2.09. The summed E-state index contributed by atoms with van der Waals surface area (Å²) in [7, 11) is 1.45. The molecule has 3 heteroatoms. The summed E-state index contributed by atoms with van der Waals surface area (Å²) in [6.45, 7) is 2.80. The highest BCUT2D eigenvalue weighted by Gasteiger charge is 2.40. The van der Waals surface area contributed by atoms with Gasteiger partial charge in [-0.1, -0.05) is 26.2 Å². The van der Waals surface area contributed by atoms with Crippen molar-refractivity contribution >= 4 is 5.97 Å². The van der Waals surface area contributed by atoms with E-state index < -0.39 is 0 Å². The summed E-state index contributed by atoms with van der Waals surface area (Å²) in [4.78, 5) is 11.4. The van der Waals surface area contributed by atoms with Gasteiger partial charge in [-0.25, -0.2) is 0 Å². The molecule has 1 rings (SSSR count). The summed E-state index contributed by atoms with van der Waals surface area (Å²) in [5.41, 5.74) is 5.91. The van der Waals surface area contributed by atoms with E-state index in [4.69, 9.17) is 10.5 Å². The number of ether oxygens (including phenoxy) is 1. The lowest BCUT2D eigenvalue weighted by molar-refractivity contribution is -0.145. The first-order valence-corrected chi connectivity index (χ1v) is 5.95. The van der Waals surface area contributed by atoms with Crippen LogP contribution in [0.2, 0.25) is 0 Å². The zero-order valence-corrected chi connectivity index (χ0v) is 9.92. The van der Waals surface area contributed by atoms with Crippen molar-refractivity contribution in [2.45, 2.75) is 45.4 Å². The Hall–Kier alpha value is -0.570. The smallest absolute Gasteiger partial charge is 0.306 e. The van der Waals surface area contributed by atoms with Crippen molar-refractivity contribution in [3.63, 3.8) is 0 Å². The van der Waals surface area contributed by atoms with E-state index in [1.54, 1.807) is 0 Å². The molecule has 2 atom stereocenters. The van der Waals surface area contributed by atoms with Crippen LogP contribution in [0, 0.1) is 11.3 Å². The number of carbonyl (C=O) groups excluding carboxylic acids is 1. The Balaban J connectivity index is 2.74. The summed E-state index contributed by atoms with van der Waals surface area (Å²) in [6, 6.07) is 0. The number of hydrogen-bond acceptors (Lipinski definition) is 3. The van der Waals surface area contributed by atoms with Crippen LogP contribution < -0.4 is 5.73 Å². The molecule has 1 saturated carbocycles. The van der Waals surface area contributed by atoms with E-state index in [1.807, 2.05) is 0 Å². The minimum atomic E-state index is -0.110. The van der Waals surface area contributed by atoms with Crippen molar-refractivity contribution in [2.75, 3.05) is 13.7 Å². The molecule has 0 radical (unpaired) electrons. The molecule has 0 aromatic rings. The fraction of sp³-hybridized carbons (Fsp3) is 0.917. The topological polar surface area (TPSA) is 52.3 Å². The lowest BCUT2D eigenvalue weighted by Crippen LogP contribution is -2.42. The molecule has 15 heavy (non-hydrogen) atoms. The van der Waals surface area contributed by atoms with E-state index in [-0.39, 0.29) is 11.4 Å². The maximum atomic E-state index is 11.4. The molecule has 2 N–H and O–H groups in total. The first-order chi connectivity index (χ1) is 7.18. The normalized spacial score (nSPS) is 31.3. The van der Waals surface area contributed by atoms with E-state index >= 15 is 0 Å². The Labute approximate surface area is 92.4 Å². The molecule has 0 bridgehead atoms. The van der Waals surface area contributed by atoms with Gasteiger partial charge in [0.15, 0.2) is 0 Å². The number of rotatable bonds is 4. The molecule has 0 aromatic heterocycles. The average molecular weight is 213 g/mol. The van der Waals surface area contributed by atoms with Gasteiger partial charge in [-0.2, -0.15) is 0 Å². The minimum Gasteiger partial charge on any atom is -0.469 e.